The van der Waals surface area contributed by atoms with Crippen LogP contribution >= 0.6 is 0 Å². The molecule has 6 heteroatoms. The Bertz CT molecular complexity index is 832. The molecule has 1 aromatic heterocycles. The van der Waals surface area contributed by atoms with Gasteiger partial charge in [-0.2, -0.15) is 0 Å². The summed E-state index contributed by atoms with van der Waals surface area (Å²) < 4.78 is 20.8. The quantitative estimate of drug-likeness (QED) is 0.777. The molecule has 0 saturated carbocycles. The van der Waals surface area contributed by atoms with Crippen molar-refractivity contribution in [3.05, 3.63) is 71.7 Å². The van der Waals surface area contributed by atoms with Gasteiger partial charge in [0.15, 0.2) is 0 Å². The van der Waals surface area contributed by atoms with E-state index < -0.39 is 0 Å². The van der Waals surface area contributed by atoms with E-state index in [1.807, 2.05) is 35.0 Å². The molecular formula is C19H19FN4O. The Morgan fingerprint density at radius 2 is 1.92 bits per heavy atom. The smallest absolute Gasteiger partial charge is 0.123 e. The summed E-state index contributed by atoms with van der Waals surface area (Å²) in [7, 11) is 0. The normalized spacial score (nSPS) is 16.6. The molecule has 0 amide bonds. The average molecular weight is 338 g/mol. The third-order valence-electron chi connectivity index (χ3n) is 4.33. The van der Waals surface area contributed by atoms with E-state index in [2.05, 4.69) is 15.6 Å². The highest BCUT2D eigenvalue weighted by Crippen LogP contribution is 2.24. The fourth-order valence-electron chi connectivity index (χ4n) is 2.99. The maximum absolute atomic E-state index is 12.9. The lowest BCUT2D eigenvalue weighted by Gasteiger charge is -2.24. The molecule has 0 saturated heterocycles. The molecule has 1 atom stereocenters. The fourth-order valence-corrected chi connectivity index (χ4v) is 2.99. The lowest BCUT2D eigenvalue weighted by atomic mass is 10.1. The number of nitrogens with one attached hydrogen (secondary N) is 1. The minimum absolute atomic E-state index is 0.0401. The lowest BCUT2D eigenvalue weighted by Crippen LogP contribution is -2.36. The molecule has 0 bridgehead atoms. The molecule has 4 rings (SSSR count). The summed E-state index contributed by atoms with van der Waals surface area (Å²) in [6.07, 6.45) is 0.0401. The lowest BCUT2D eigenvalue weighted by molar-refractivity contribution is 0.00125. The Hall–Kier alpha value is -2.57. The van der Waals surface area contributed by atoms with Gasteiger partial charge in [0.05, 0.1) is 24.9 Å². The third-order valence-corrected chi connectivity index (χ3v) is 4.33. The zero-order valence-electron chi connectivity index (χ0n) is 13.7. The van der Waals surface area contributed by atoms with Gasteiger partial charge in [-0.05, 0) is 17.7 Å². The summed E-state index contributed by atoms with van der Waals surface area (Å²) in [5.74, 6) is -0.215. The van der Waals surface area contributed by atoms with Crippen LogP contribution in [-0.2, 0) is 24.4 Å². The van der Waals surface area contributed by atoms with Crippen LogP contribution in [0.2, 0.25) is 0 Å². The van der Waals surface area contributed by atoms with Crippen molar-refractivity contribution in [1.82, 2.24) is 20.3 Å². The van der Waals surface area contributed by atoms with E-state index in [-0.39, 0.29) is 11.9 Å². The van der Waals surface area contributed by atoms with Crippen LogP contribution in [0.15, 0.2) is 54.6 Å². The summed E-state index contributed by atoms with van der Waals surface area (Å²) in [6, 6.07) is 16.5. The third kappa shape index (κ3) is 3.60. The predicted octanol–water partition coefficient (Wildman–Crippen LogP) is 2.77. The highest BCUT2D eigenvalue weighted by Gasteiger charge is 2.24. The average Bonchev–Trinajstić information content (AvgIpc) is 3.07. The maximum Gasteiger partial charge on any atom is 0.123 e. The van der Waals surface area contributed by atoms with Crippen LogP contribution < -0.4 is 5.32 Å². The number of hydrogen-bond acceptors (Lipinski definition) is 4. The molecule has 0 spiro atoms. The number of hydrogen-bond donors (Lipinski definition) is 1. The fraction of sp³-hybridized carbons (Fsp3) is 0.263. The van der Waals surface area contributed by atoms with Gasteiger partial charge in [0.2, 0.25) is 0 Å². The molecule has 0 fully saturated rings. The van der Waals surface area contributed by atoms with E-state index in [1.165, 1.54) is 12.1 Å². The minimum atomic E-state index is -0.215. The maximum atomic E-state index is 12.9. The molecule has 1 N–H and O–H groups in total. The van der Waals surface area contributed by atoms with E-state index in [0.717, 1.165) is 22.5 Å². The van der Waals surface area contributed by atoms with Crippen molar-refractivity contribution in [3.8, 4) is 11.3 Å². The summed E-state index contributed by atoms with van der Waals surface area (Å²) in [5.41, 5.74) is 4.00. The van der Waals surface area contributed by atoms with Crippen LogP contribution in [0.4, 0.5) is 4.39 Å². The van der Waals surface area contributed by atoms with Gasteiger partial charge in [0, 0.05) is 18.7 Å². The largest absolute Gasteiger partial charge is 0.369 e. The molecule has 2 heterocycles. The first kappa shape index (κ1) is 15.9. The van der Waals surface area contributed by atoms with E-state index in [4.69, 9.17) is 4.74 Å². The molecule has 1 aliphatic heterocycles. The second-order valence-corrected chi connectivity index (χ2v) is 6.12. The molecular weight excluding hydrogens is 319 g/mol. The topological polar surface area (TPSA) is 52.0 Å². The van der Waals surface area contributed by atoms with Crippen LogP contribution in [0.25, 0.3) is 11.3 Å². The van der Waals surface area contributed by atoms with Gasteiger partial charge >= 0.3 is 0 Å². The zero-order chi connectivity index (χ0) is 17.1. The minimum Gasteiger partial charge on any atom is -0.369 e. The van der Waals surface area contributed by atoms with Crippen molar-refractivity contribution in [2.45, 2.75) is 25.8 Å². The van der Waals surface area contributed by atoms with Gasteiger partial charge in [0.25, 0.3) is 0 Å². The van der Waals surface area contributed by atoms with Crippen molar-refractivity contribution >= 4 is 0 Å². The number of fused-ring (bicyclic) bond motifs is 1. The first-order chi connectivity index (χ1) is 12.3. The number of nitrogens with zero attached hydrogens (tertiary/aromatic N) is 3. The SMILES string of the molecule is Fc1ccc(CNC[C@@H]2Cn3nnc(-c4ccccc4)c3CO2)cc1. The van der Waals surface area contributed by atoms with E-state index in [1.54, 1.807) is 12.1 Å². The number of benzene rings is 2. The predicted molar refractivity (Wildman–Crippen MR) is 92.1 cm³/mol. The zero-order valence-corrected chi connectivity index (χ0v) is 13.7. The van der Waals surface area contributed by atoms with E-state index >= 15 is 0 Å². The van der Waals surface area contributed by atoms with Crippen LogP contribution in [0, 0.1) is 5.82 Å². The molecule has 128 valence electrons. The highest BCUT2D eigenvalue weighted by atomic mass is 19.1. The first-order valence-corrected chi connectivity index (χ1v) is 8.34. The monoisotopic (exact) mass is 338 g/mol. The van der Waals surface area contributed by atoms with Crippen LogP contribution in [0.5, 0.6) is 0 Å². The molecule has 25 heavy (non-hydrogen) atoms. The summed E-state index contributed by atoms with van der Waals surface area (Å²) >= 11 is 0. The van der Waals surface area contributed by atoms with Crippen LogP contribution in [0.1, 0.15) is 11.3 Å². The Balaban J connectivity index is 1.36. The Kier molecular flexibility index (Phi) is 4.54. The number of rotatable bonds is 5. The van der Waals surface area contributed by atoms with Crippen LogP contribution in [0.3, 0.4) is 0 Å². The summed E-state index contributed by atoms with van der Waals surface area (Å²) in [4.78, 5) is 0. The van der Waals surface area contributed by atoms with E-state index in [0.29, 0.717) is 26.2 Å². The Morgan fingerprint density at radius 1 is 1.12 bits per heavy atom. The molecule has 0 radical (unpaired) electrons. The van der Waals surface area contributed by atoms with Crippen molar-refractivity contribution in [2.75, 3.05) is 6.54 Å². The number of ether oxygens (including phenoxy) is 1. The standard InChI is InChI=1S/C19H19FN4O/c20-16-8-6-14(7-9-16)10-21-11-17-12-24-18(13-25-17)19(22-23-24)15-4-2-1-3-5-15/h1-9,17,21H,10-13H2/t17-/m1/s1. The van der Waals surface area contributed by atoms with Gasteiger partial charge in [0.1, 0.15) is 11.5 Å². The van der Waals surface area contributed by atoms with Gasteiger partial charge in [-0.15, -0.1) is 5.10 Å². The highest BCUT2D eigenvalue weighted by molar-refractivity contribution is 5.61. The van der Waals surface area contributed by atoms with Crippen LogP contribution in [-0.4, -0.2) is 27.6 Å². The van der Waals surface area contributed by atoms with Crippen molar-refractivity contribution < 1.29 is 9.13 Å². The van der Waals surface area contributed by atoms with Crippen molar-refractivity contribution in [2.24, 2.45) is 0 Å². The molecule has 2 aromatic carbocycles. The molecule has 0 aliphatic carbocycles. The van der Waals surface area contributed by atoms with Crippen molar-refractivity contribution in [3.63, 3.8) is 0 Å². The van der Waals surface area contributed by atoms with Gasteiger partial charge in [-0.25, -0.2) is 9.07 Å². The number of aromatic nitrogens is 3. The van der Waals surface area contributed by atoms with Crippen molar-refractivity contribution in [1.29, 1.82) is 0 Å². The first-order valence-electron chi connectivity index (χ1n) is 8.34. The molecule has 1 aliphatic rings. The van der Waals surface area contributed by atoms with Gasteiger partial charge < -0.3 is 10.1 Å². The molecule has 0 unspecified atom stereocenters. The summed E-state index contributed by atoms with van der Waals surface area (Å²) in [6.45, 7) is 2.56. The van der Waals surface area contributed by atoms with Gasteiger partial charge in [-0.1, -0.05) is 47.7 Å². The Morgan fingerprint density at radius 3 is 2.72 bits per heavy atom. The molecule has 5 nitrogen and oxygen atoms in total. The second-order valence-electron chi connectivity index (χ2n) is 6.12. The molecule has 3 aromatic rings. The van der Waals surface area contributed by atoms with E-state index in [9.17, 15) is 4.39 Å². The van der Waals surface area contributed by atoms with Gasteiger partial charge in [-0.3, -0.25) is 0 Å². The number of halogens is 1. The summed E-state index contributed by atoms with van der Waals surface area (Å²) in [5, 5.41) is 11.9. The Labute approximate surface area is 145 Å². The second kappa shape index (κ2) is 7.13.